The molecule has 8 aromatic rings. The Hall–Kier alpha value is -8.17. The molecule has 296 valence electrons. The Morgan fingerprint density at radius 2 is 0.633 bits per heavy atom. The first-order valence-electron chi connectivity index (χ1n) is 19.2. The number of hydrogen-bond acceptors (Lipinski definition) is 9. The summed E-state index contributed by atoms with van der Waals surface area (Å²) in [7, 11) is 0. The van der Waals surface area contributed by atoms with Crippen LogP contribution in [0.2, 0.25) is 0 Å². The molecule has 0 aliphatic rings. The number of hydrogen-bond donors (Lipinski definition) is 4. The quantitative estimate of drug-likeness (QED) is 0.0698. The highest BCUT2D eigenvalue weighted by molar-refractivity contribution is 6.16. The van der Waals surface area contributed by atoms with Gasteiger partial charge in [-0.25, -0.2) is 0 Å². The molecule has 0 spiro atoms. The van der Waals surface area contributed by atoms with Crippen molar-refractivity contribution in [1.29, 1.82) is 0 Å². The van der Waals surface area contributed by atoms with Gasteiger partial charge in [0.2, 0.25) is 0 Å². The van der Waals surface area contributed by atoms with Crippen molar-refractivity contribution in [1.82, 2.24) is 0 Å². The lowest BCUT2D eigenvalue weighted by molar-refractivity contribution is 0.104. The van der Waals surface area contributed by atoms with Crippen molar-refractivity contribution in [2.75, 3.05) is 22.9 Å². The Labute approximate surface area is 348 Å². The molecule has 0 bridgehead atoms. The van der Waals surface area contributed by atoms with Crippen LogP contribution in [-0.4, -0.2) is 5.78 Å². The van der Waals surface area contributed by atoms with E-state index in [2.05, 4.69) is 0 Å². The van der Waals surface area contributed by atoms with E-state index in [4.69, 9.17) is 41.9 Å². The van der Waals surface area contributed by atoms with Gasteiger partial charge in [0.15, 0.2) is 5.78 Å². The lowest BCUT2D eigenvalue weighted by Crippen LogP contribution is -2.06. The maximum Gasteiger partial charge on any atom is 0.194 e. The monoisotopic (exact) mass is 790 g/mol. The number of benzene rings is 8. The Bertz CT molecular complexity index is 2630. The number of aryl methyl sites for hydroxylation is 2. The molecule has 0 aliphatic carbocycles. The van der Waals surface area contributed by atoms with Gasteiger partial charge < -0.3 is 41.9 Å². The summed E-state index contributed by atoms with van der Waals surface area (Å²) in [5.74, 6) is 4.69. The number of carbonyl (C=O) groups is 1. The van der Waals surface area contributed by atoms with E-state index in [9.17, 15) is 0 Å². The lowest BCUT2D eigenvalue weighted by Gasteiger charge is -2.17. The normalized spacial score (nSPS) is 10.8. The van der Waals surface area contributed by atoms with Crippen LogP contribution in [-0.2, 0) is 0 Å². The highest BCUT2D eigenvalue weighted by Gasteiger charge is 2.21. The van der Waals surface area contributed by atoms with Gasteiger partial charge in [-0.2, -0.15) is 0 Å². The third-order valence-electron chi connectivity index (χ3n) is 9.99. The second kappa shape index (κ2) is 16.7. The smallest absolute Gasteiger partial charge is 0.194 e. The van der Waals surface area contributed by atoms with Crippen molar-refractivity contribution in [2.24, 2.45) is 0 Å². The number of ether oxygens (including phenoxy) is 4. The molecular weight excluding hydrogens is 749 g/mol. The summed E-state index contributed by atoms with van der Waals surface area (Å²) < 4.78 is 24.8. The van der Waals surface area contributed by atoms with Gasteiger partial charge in [0.1, 0.15) is 46.0 Å². The van der Waals surface area contributed by atoms with E-state index in [1.807, 2.05) is 135 Å². The van der Waals surface area contributed by atoms with Gasteiger partial charge >= 0.3 is 0 Å². The third kappa shape index (κ3) is 8.86. The molecule has 0 aromatic heterocycles. The minimum atomic E-state index is -0.200. The summed E-state index contributed by atoms with van der Waals surface area (Å²) in [6.45, 7) is 3.85. The van der Waals surface area contributed by atoms with Crippen molar-refractivity contribution >= 4 is 28.5 Å². The van der Waals surface area contributed by atoms with Gasteiger partial charge in [0.05, 0.1) is 0 Å². The molecule has 0 heterocycles. The topological polar surface area (TPSA) is 158 Å². The number of carbonyl (C=O) groups excluding carboxylic acids is 1. The molecule has 0 fully saturated rings. The van der Waals surface area contributed by atoms with E-state index in [1.165, 1.54) is 0 Å². The van der Waals surface area contributed by atoms with Gasteiger partial charge in [-0.15, -0.1) is 0 Å². The van der Waals surface area contributed by atoms with Crippen LogP contribution < -0.4 is 41.9 Å². The van der Waals surface area contributed by atoms with Crippen molar-refractivity contribution in [3.05, 3.63) is 192 Å². The van der Waals surface area contributed by atoms with Crippen LogP contribution in [0.3, 0.4) is 0 Å². The molecule has 0 saturated heterocycles. The van der Waals surface area contributed by atoms with Crippen LogP contribution in [0.25, 0.3) is 22.3 Å². The number of ketones is 1. The van der Waals surface area contributed by atoms with Crippen LogP contribution in [0, 0.1) is 13.8 Å². The van der Waals surface area contributed by atoms with Crippen LogP contribution >= 0.6 is 0 Å². The summed E-state index contributed by atoms with van der Waals surface area (Å²) >= 11 is 0. The molecule has 0 aliphatic heterocycles. The minimum absolute atomic E-state index is 0.200. The first-order valence-corrected chi connectivity index (χ1v) is 19.2. The van der Waals surface area contributed by atoms with E-state index < -0.39 is 0 Å². The molecule has 8 aromatic carbocycles. The maximum atomic E-state index is 15.0. The first-order chi connectivity index (χ1) is 29.0. The second-order valence-electron chi connectivity index (χ2n) is 14.4. The molecule has 8 N–H and O–H groups in total. The predicted octanol–water partition coefficient (Wildman–Crippen LogP) is 12.4. The Morgan fingerprint density at radius 3 is 0.983 bits per heavy atom. The average Bonchev–Trinajstić information content (AvgIpc) is 3.25. The Balaban J connectivity index is 1.18. The largest absolute Gasteiger partial charge is 0.457 e. The molecular formula is C51H42N4O5. The number of nitrogen functional groups attached to an aromatic ring is 4. The van der Waals surface area contributed by atoms with Gasteiger partial charge in [-0.1, -0.05) is 24.3 Å². The zero-order valence-electron chi connectivity index (χ0n) is 33.0. The molecule has 0 saturated carbocycles. The zero-order chi connectivity index (χ0) is 41.8. The van der Waals surface area contributed by atoms with Crippen molar-refractivity contribution < 1.29 is 23.7 Å². The first kappa shape index (κ1) is 38.7. The Kier molecular flexibility index (Phi) is 10.8. The van der Waals surface area contributed by atoms with Gasteiger partial charge in [-0.05, 0) is 193 Å². The molecule has 0 atom stereocenters. The maximum absolute atomic E-state index is 15.0. The highest BCUT2D eigenvalue weighted by atomic mass is 16.5. The number of anilines is 4. The molecule has 0 radical (unpaired) electrons. The number of rotatable bonds is 12. The van der Waals surface area contributed by atoms with Crippen molar-refractivity contribution in [3.8, 4) is 68.2 Å². The van der Waals surface area contributed by atoms with Gasteiger partial charge in [0.25, 0.3) is 0 Å². The Morgan fingerprint density at radius 1 is 0.350 bits per heavy atom. The standard InChI is InChI=1S/C51H42N4O5/c1-31-27-41(21-25-49(31)54)59-43-19-23-45(47(29-43)33-3-11-37(12-4-33)57-39-15-7-35(52)8-16-39)51(56)46-24-20-44(60-42-22-26-50(55)32(2)28-42)30-48(46)34-5-13-38(14-6-34)58-40-17-9-36(53)10-18-40/h3-30H,52-55H2,1-2H3. The second-order valence-corrected chi connectivity index (χ2v) is 14.4. The zero-order valence-corrected chi connectivity index (χ0v) is 33.0. The van der Waals surface area contributed by atoms with E-state index in [0.717, 1.165) is 22.3 Å². The summed E-state index contributed by atoms with van der Waals surface area (Å²) in [4.78, 5) is 15.0. The van der Waals surface area contributed by atoms with Crippen molar-refractivity contribution in [3.63, 3.8) is 0 Å². The predicted molar refractivity (Wildman–Crippen MR) is 240 cm³/mol. The summed E-state index contributed by atoms with van der Waals surface area (Å²) in [5, 5.41) is 0. The van der Waals surface area contributed by atoms with E-state index >= 15 is 4.79 Å². The van der Waals surface area contributed by atoms with Crippen molar-refractivity contribution in [2.45, 2.75) is 13.8 Å². The molecule has 8 rings (SSSR count). The molecule has 0 amide bonds. The molecule has 9 nitrogen and oxygen atoms in total. The van der Waals surface area contributed by atoms with Crippen LogP contribution in [0.5, 0.6) is 46.0 Å². The van der Waals surface area contributed by atoms with Gasteiger partial charge in [-0.3, -0.25) is 4.79 Å². The summed E-state index contributed by atoms with van der Waals surface area (Å²) in [5.41, 5.74) is 32.2. The van der Waals surface area contributed by atoms with Crippen LogP contribution in [0.1, 0.15) is 27.0 Å². The van der Waals surface area contributed by atoms with Crippen LogP contribution in [0.15, 0.2) is 170 Å². The fraction of sp³-hybridized carbons (Fsp3) is 0.0392. The van der Waals surface area contributed by atoms with E-state index in [1.54, 1.807) is 48.5 Å². The third-order valence-corrected chi connectivity index (χ3v) is 9.99. The minimum Gasteiger partial charge on any atom is -0.457 e. The molecule has 9 heteroatoms. The summed E-state index contributed by atoms with van der Waals surface area (Å²) in [6.07, 6.45) is 0. The summed E-state index contributed by atoms with van der Waals surface area (Å²) in [6, 6.07) is 51.4. The number of nitrogens with two attached hydrogens (primary N) is 4. The molecule has 60 heavy (non-hydrogen) atoms. The lowest BCUT2D eigenvalue weighted by atomic mass is 9.89. The SMILES string of the molecule is Cc1cc(Oc2ccc(C(=O)c3ccc(Oc4ccc(N)c(C)c4)cc3-c3ccc(Oc4ccc(N)cc4)cc3)c(-c3ccc(Oc4ccc(N)cc4)cc3)c2)ccc1N. The van der Waals surface area contributed by atoms with E-state index in [-0.39, 0.29) is 5.78 Å². The average molecular weight is 791 g/mol. The molecule has 0 unspecified atom stereocenters. The van der Waals surface area contributed by atoms with Gasteiger partial charge in [0, 0.05) is 33.9 Å². The van der Waals surface area contributed by atoms with Crippen LogP contribution in [0.4, 0.5) is 22.7 Å². The van der Waals surface area contributed by atoms with E-state index in [0.29, 0.717) is 91.0 Å². The fourth-order valence-corrected chi connectivity index (χ4v) is 6.64. The highest BCUT2D eigenvalue weighted by Crippen LogP contribution is 2.38. The fourth-order valence-electron chi connectivity index (χ4n) is 6.64.